The third-order valence-corrected chi connectivity index (χ3v) is 3.96. The number of aromatic nitrogens is 2. The molecule has 0 fully saturated rings. The summed E-state index contributed by atoms with van der Waals surface area (Å²) in [4.78, 5) is 9.47. The summed E-state index contributed by atoms with van der Waals surface area (Å²) in [6.45, 7) is 0. The van der Waals surface area contributed by atoms with Crippen LogP contribution in [0.25, 0.3) is 20.7 Å². The van der Waals surface area contributed by atoms with Crippen molar-refractivity contribution in [2.75, 3.05) is 0 Å². The van der Waals surface area contributed by atoms with E-state index in [1.807, 2.05) is 18.2 Å². The highest BCUT2D eigenvalue weighted by Crippen LogP contribution is 2.35. The number of rotatable bonds is 1. The van der Waals surface area contributed by atoms with Crippen LogP contribution in [-0.4, -0.2) is 9.97 Å². The largest absolute Gasteiger partial charge is 0.265 e. The number of pyridine rings is 2. The second-order valence-electron chi connectivity index (χ2n) is 3.35. The molecular formula is C12H7ClN2S. The van der Waals surface area contributed by atoms with Crippen molar-refractivity contribution in [2.24, 2.45) is 0 Å². The quantitative estimate of drug-likeness (QED) is 0.648. The van der Waals surface area contributed by atoms with Crippen LogP contribution in [0.15, 0.2) is 42.9 Å². The predicted molar refractivity (Wildman–Crippen MR) is 67.9 cm³/mol. The van der Waals surface area contributed by atoms with Crippen molar-refractivity contribution in [3.05, 3.63) is 47.9 Å². The Kier molecular flexibility index (Phi) is 2.35. The van der Waals surface area contributed by atoms with Crippen molar-refractivity contribution < 1.29 is 0 Å². The Morgan fingerprint density at radius 3 is 2.62 bits per heavy atom. The third kappa shape index (κ3) is 1.58. The van der Waals surface area contributed by atoms with E-state index in [2.05, 4.69) is 16.0 Å². The Hall–Kier alpha value is -1.45. The molecule has 0 aliphatic heterocycles. The zero-order chi connectivity index (χ0) is 11.0. The molecule has 0 radical (unpaired) electrons. The highest BCUT2D eigenvalue weighted by Gasteiger charge is 2.07. The van der Waals surface area contributed by atoms with Gasteiger partial charge >= 0.3 is 0 Å². The normalized spacial score (nSPS) is 10.8. The first-order valence-corrected chi connectivity index (χ1v) is 5.98. The lowest BCUT2D eigenvalue weighted by molar-refractivity contribution is 1.33. The van der Waals surface area contributed by atoms with Crippen molar-refractivity contribution in [2.45, 2.75) is 0 Å². The zero-order valence-corrected chi connectivity index (χ0v) is 9.79. The second-order valence-corrected chi connectivity index (χ2v) is 4.81. The molecule has 0 saturated carbocycles. The van der Waals surface area contributed by atoms with Crippen LogP contribution in [0, 0.1) is 0 Å². The smallest absolute Gasteiger partial charge is 0.0831 e. The topological polar surface area (TPSA) is 25.8 Å². The van der Waals surface area contributed by atoms with Gasteiger partial charge in [-0.15, -0.1) is 11.3 Å². The highest BCUT2D eigenvalue weighted by atomic mass is 35.5. The number of hydrogen-bond donors (Lipinski definition) is 0. The summed E-state index contributed by atoms with van der Waals surface area (Å²) in [6, 6.07) is 7.84. The predicted octanol–water partition coefficient (Wildman–Crippen LogP) is 4.01. The average molecular weight is 247 g/mol. The standard InChI is InChI=1S/C12H7ClN2S/c13-9-3-6-15-10-7-11(16-12(9)10)8-1-4-14-5-2-8/h1-7H. The molecule has 0 aliphatic rings. The van der Waals surface area contributed by atoms with Gasteiger partial charge in [0.05, 0.1) is 15.2 Å². The fourth-order valence-corrected chi connectivity index (χ4v) is 2.86. The van der Waals surface area contributed by atoms with Crippen molar-refractivity contribution in [3.8, 4) is 10.4 Å². The highest BCUT2D eigenvalue weighted by molar-refractivity contribution is 7.22. The third-order valence-electron chi connectivity index (χ3n) is 2.33. The van der Waals surface area contributed by atoms with Gasteiger partial charge in [-0.1, -0.05) is 11.6 Å². The molecule has 3 aromatic heterocycles. The monoisotopic (exact) mass is 246 g/mol. The molecule has 2 nitrogen and oxygen atoms in total. The van der Waals surface area contributed by atoms with Crippen LogP contribution in [0.3, 0.4) is 0 Å². The van der Waals surface area contributed by atoms with Crippen LogP contribution >= 0.6 is 22.9 Å². The molecule has 3 aromatic rings. The second kappa shape index (κ2) is 3.85. The molecule has 0 unspecified atom stereocenters. The summed E-state index contributed by atoms with van der Waals surface area (Å²) in [5.41, 5.74) is 2.10. The summed E-state index contributed by atoms with van der Waals surface area (Å²) >= 11 is 7.77. The van der Waals surface area contributed by atoms with Crippen LogP contribution < -0.4 is 0 Å². The van der Waals surface area contributed by atoms with Crippen LogP contribution in [0.1, 0.15) is 0 Å². The Bertz CT molecular complexity index is 634. The molecule has 0 saturated heterocycles. The maximum absolute atomic E-state index is 6.12. The maximum atomic E-state index is 6.12. The first-order valence-electron chi connectivity index (χ1n) is 4.79. The van der Waals surface area contributed by atoms with E-state index in [0.717, 1.165) is 25.7 Å². The Morgan fingerprint density at radius 1 is 1.06 bits per heavy atom. The van der Waals surface area contributed by atoms with Gasteiger partial charge in [-0.2, -0.15) is 0 Å². The lowest BCUT2D eigenvalue weighted by atomic mass is 10.2. The lowest BCUT2D eigenvalue weighted by Crippen LogP contribution is -1.72. The molecular weight excluding hydrogens is 240 g/mol. The molecule has 0 atom stereocenters. The van der Waals surface area contributed by atoms with Gasteiger partial charge in [-0.25, -0.2) is 0 Å². The molecule has 78 valence electrons. The SMILES string of the molecule is Clc1ccnc2cc(-c3ccncc3)sc12. The minimum absolute atomic E-state index is 0.760. The molecule has 0 amide bonds. The van der Waals surface area contributed by atoms with Gasteiger partial charge in [0.25, 0.3) is 0 Å². The van der Waals surface area contributed by atoms with E-state index >= 15 is 0 Å². The van der Waals surface area contributed by atoms with E-state index in [-0.39, 0.29) is 0 Å². The molecule has 0 N–H and O–H groups in total. The van der Waals surface area contributed by atoms with Crippen molar-refractivity contribution >= 4 is 33.2 Å². The van der Waals surface area contributed by atoms with Gasteiger partial charge < -0.3 is 0 Å². The van der Waals surface area contributed by atoms with Crippen molar-refractivity contribution in [1.29, 1.82) is 0 Å². The van der Waals surface area contributed by atoms with Gasteiger partial charge in [0, 0.05) is 23.5 Å². The number of hydrogen-bond acceptors (Lipinski definition) is 3. The first kappa shape index (κ1) is 9.75. The molecule has 0 aromatic carbocycles. The summed E-state index contributed by atoms with van der Waals surface area (Å²) in [7, 11) is 0. The van der Waals surface area contributed by atoms with Gasteiger partial charge in [0.2, 0.25) is 0 Å². The summed E-state index contributed by atoms with van der Waals surface area (Å²) < 4.78 is 1.04. The minimum Gasteiger partial charge on any atom is -0.265 e. The fraction of sp³-hybridized carbons (Fsp3) is 0. The van der Waals surface area contributed by atoms with E-state index in [1.165, 1.54) is 0 Å². The van der Waals surface area contributed by atoms with Gasteiger partial charge in [-0.05, 0) is 29.8 Å². The molecule has 4 heteroatoms. The number of halogens is 1. The molecule has 16 heavy (non-hydrogen) atoms. The lowest BCUT2D eigenvalue weighted by Gasteiger charge is -1.93. The zero-order valence-electron chi connectivity index (χ0n) is 8.22. The maximum Gasteiger partial charge on any atom is 0.0831 e. The van der Waals surface area contributed by atoms with Gasteiger partial charge in [0.1, 0.15) is 0 Å². The van der Waals surface area contributed by atoms with Crippen LogP contribution in [0.5, 0.6) is 0 Å². The van der Waals surface area contributed by atoms with Gasteiger partial charge in [0.15, 0.2) is 0 Å². The van der Waals surface area contributed by atoms with Crippen LogP contribution in [0.2, 0.25) is 5.02 Å². The number of thiophene rings is 1. The summed E-state index contributed by atoms with van der Waals surface area (Å²) in [5, 5.41) is 0.760. The number of nitrogens with zero attached hydrogens (tertiary/aromatic N) is 2. The summed E-state index contributed by atoms with van der Waals surface area (Å²) in [5.74, 6) is 0. The number of fused-ring (bicyclic) bond motifs is 1. The molecule has 0 spiro atoms. The molecule has 3 heterocycles. The van der Waals surface area contributed by atoms with Gasteiger partial charge in [-0.3, -0.25) is 9.97 Å². The Balaban J connectivity index is 2.23. The first-order chi connectivity index (χ1) is 7.84. The molecule has 0 aliphatic carbocycles. The summed E-state index contributed by atoms with van der Waals surface area (Å²) in [6.07, 6.45) is 5.30. The van der Waals surface area contributed by atoms with E-state index in [0.29, 0.717) is 0 Å². The molecule has 3 rings (SSSR count). The van der Waals surface area contributed by atoms with E-state index in [1.54, 1.807) is 29.9 Å². The van der Waals surface area contributed by atoms with Crippen LogP contribution in [-0.2, 0) is 0 Å². The van der Waals surface area contributed by atoms with Crippen LogP contribution in [0.4, 0.5) is 0 Å². The molecule has 0 bridgehead atoms. The van der Waals surface area contributed by atoms with E-state index in [9.17, 15) is 0 Å². The Morgan fingerprint density at radius 2 is 1.88 bits per heavy atom. The minimum atomic E-state index is 0.760. The fourth-order valence-electron chi connectivity index (χ4n) is 1.57. The van der Waals surface area contributed by atoms with E-state index in [4.69, 9.17) is 11.6 Å². The van der Waals surface area contributed by atoms with Crippen molar-refractivity contribution in [3.63, 3.8) is 0 Å². The van der Waals surface area contributed by atoms with E-state index < -0.39 is 0 Å². The van der Waals surface area contributed by atoms with Crippen molar-refractivity contribution in [1.82, 2.24) is 9.97 Å². The Labute approximate surface area is 102 Å². The average Bonchev–Trinajstić information content (AvgIpc) is 2.76.